The van der Waals surface area contributed by atoms with Crippen LogP contribution < -0.4 is 4.74 Å². The summed E-state index contributed by atoms with van der Waals surface area (Å²) in [6.45, 7) is 3.90. The normalized spacial score (nSPS) is 10.1. The first-order valence-electron chi connectivity index (χ1n) is 6.93. The average Bonchev–Trinajstić information content (AvgIpc) is 2.48. The molecule has 0 amide bonds. The van der Waals surface area contributed by atoms with Gasteiger partial charge in [0.2, 0.25) is 0 Å². The van der Waals surface area contributed by atoms with Crippen molar-refractivity contribution < 1.29 is 19.2 Å². The summed E-state index contributed by atoms with van der Waals surface area (Å²) in [6, 6.07) is 4.23. The fourth-order valence-electron chi connectivity index (χ4n) is 1.71. The Balaban J connectivity index is 2.75. The summed E-state index contributed by atoms with van der Waals surface area (Å²) >= 11 is 0. The number of benzene rings is 1. The van der Waals surface area contributed by atoms with Gasteiger partial charge in [-0.15, -0.1) is 6.42 Å². The van der Waals surface area contributed by atoms with E-state index in [0.29, 0.717) is 24.5 Å². The third kappa shape index (κ3) is 5.83. The lowest BCUT2D eigenvalue weighted by atomic mass is 10.1. The smallest absolute Gasteiger partial charge is 0.306 e. The molecule has 0 aliphatic heterocycles. The van der Waals surface area contributed by atoms with Gasteiger partial charge in [-0.25, -0.2) is 0 Å². The number of esters is 1. The number of terminal acetylenes is 1. The van der Waals surface area contributed by atoms with Gasteiger partial charge in [0, 0.05) is 12.5 Å². The molecule has 0 N–H and O–H groups in total. The zero-order valence-electron chi connectivity index (χ0n) is 12.7. The Kier molecular flexibility index (Phi) is 6.90. The second-order valence-corrected chi connectivity index (χ2v) is 5.13. The summed E-state index contributed by atoms with van der Waals surface area (Å²) in [7, 11) is 0. The maximum Gasteiger partial charge on any atom is 0.306 e. The lowest BCUT2D eigenvalue weighted by molar-refractivity contribution is -0.385. The van der Waals surface area contributed by atoms with Crippen LogP contribution in [0.4, 0.5) is 5.69 Å². The van der Waals surface area contributed by atoms with Crippen molar-refractivity contribution in [2.45, 2.75) is 33.3 Å². The Labute approximate surface area is 129 Å². The van der Waals surface area contributed by atoms with Crippen LogP contribution in [0.25, 0.3) is 0 Å². The van der Waals surface area contributed by atoms with Crippen LogP contribution in [0.5, 0.6) is 5.75 Å². The minimum atomic E-state index is -0.526. The zero-order valence-corrected chi connectivity index (χ0v) is 12.7. The van der Waals surface area contributed by atoms with Gasteiger partial charge < -0.3 is 9.47 Å². The quantitative estimate of drug-likeness (QED) is 0.319. The molecule has 0 spiro atoms. The fourth-order valence-corrected chi connectivity index (χ4v) is 1.71. The minimum Gasteiger partial charge on any atom is -0.481 e. The van der Waals surface area contributed by atoms with Crippen molar-refractivity contribution in [2.75, 3.05) is 6.61 Å². The van der Waals surface area contributed by atoms with E-state index in [2.05, 4.69) is 5.92 Å². The van der Waals surface area contributed by atoms with Crippen molar-refractivity contribution in [3.63, 3.8) is 0 Å². The summed E-state index contributed by atoms with van der Waals surface area (Å²) in [5, 5.41) is 11.0. The van der Waals surface area contributed by atoms with Gasteiger partial charge in [-0.1, -0.05) is 19.8 Å². The van der Waals surface area contributed by atoms with Gasteiger partial charge in [-0.05, 0) is 24.5 Å². The molecule has 22 heavy (non-hydrogen) atoms. The maximum atomic E-state index is 11.6. The second-order valence-electron chi connectivity index (χ2n) is 5.13. The number of carbonyl (C=O) groups excluding carboxylic acids is 1. The maximum absolute atomic E-state index is 11.6. The minimum absolute atomic E-state index is 0.0609. The van der Waals surface area contributed by atoms with E-state index in [1.54, 1.807) is 0 Å². The Morgan fingerprint density at radius 1 is 1.45 bits per heavy atom. The molecule has 0 fully saturated rings. The number of nitro groups is 1. The first-order chi connectivity index (χ1) is 10.4. The predicted molar refractivity (Wildman–Crippen MR) is 81.3 cm³/mol. The van der Waals surface area contributed by atoms with Crippen molar-refractivity contribution in [2.24, 2.45) is 5.92 Å². The molecule has 0 aliphatic carbocycles. The molecule has 6 heteroatoms. The zero-order chi connectivity index (χ0) is 16.5. The third-order valence-corrected chi connectivity index (χ3v) is 2.88. The summed E-state index contributed by atoms with van der Waals surface area (Å²) in [6.07, 6.45) is 6.10. The molecule has 0 unspecified atom stereocenters. The van der Waals surface area contributed by atoms with Gasteiger partial charge in [0.05, 0.1) is 10.5 Å². The van der Waals surface area contributed by atoms with E-state index in [-0.39, 0.29) is 30.4 Å². The number of hydrogen-bond acceptors (Lipinski definition) is 5. The standard InChI is InChI=1S/C16H19NO5/c1-4-9-21-14-6-7-15(17(19)20)13(10-14)11-22-16(18)8-5-12(2)3/h1,6-7,10,12H,5,8-9,11H2,2-3H3. The van der Waals surface area contributed by atoms with Gasteiger partial charge in [-0.2, -0.15) is 0 Å². The van der Waals surface area contributed by atoms with Crippen LogP contribution in [0.2, 0.25) is 0 Å². The van der Waals surface area contributed by atoms with Crippen LogP contribution in [0.1, 0.15) is 32.3 Å². The first kappa shape index (κ1) is 17.5. The summed E-state index contributed by atoms with van der Waals surface area (Å²) in [5.41, 5.74) is 0.155. The summed E-state index contributed by atoms with van der Waals surface area (Å²) < 4.78 is 10.3. The number of nitrogens with zero attached hydrogens (tertiary/aromatic N) is 1. The number of nitro benzene ring substituents is 1. The molecule has 0 bridgehead atoms. The monoisotopic (exact) mass is 305 g/mol. The van der Waals surface area contributed by atoms with Gasteiger partial charge in [0.15, 0.2) is 0 Å². The molecule has 1 aromatic carbocycles. The predicted octanol–water partition coefficient (Wildman–Crippen LogP) is 3.09. The SMILES string of the molecule is C#CCOc1ccc([N+](=O)[O-])c(COC(=O)CCC(C)C)c1. The average molecular weight is 305 g/mol. The van der Waals surface area contributed by atoms with Crippen LogP contribution in [-0.2, 0) is 16.1 Å². The topological polar surface area (TPSA) is 78.7 Å². The van der Waals surface area contributed by atoms with Crippen LogP contribution in [0, 0.1) is 28.4 Å². The van der Waals surface area contributed by atoms with E-state index in [9.17, 15) is 14.9 Å². The Morgan fingerprint density at radius 2 is 2.18 bits per heavy atom. The molecule has 0 atom stereocenters. The number of ether oxygens (including phenoxy) is 2. The van der Waals surface area contributed by atoms with E-state index in [1.807, 2.05) is 13.8 Å². The molecule has 1 aromatic rings. The molecule has 0 aromatic heterocycles. The first-order valence-corrected chi connectivity index (χ1v) is 6.93. The highest BCUT2D eigenvalue weighted by molar-refractivity contribution is 5.69. The van der Waals surface area contributed by atoms with Gasteiger partial charge in [0.1, 0.15) is 19.0 Å². The summed E-state index contributed by atoms with van der Waals surface area (Å²) in [4.78, 5) is 22.1. The van der Waals surface area contributed by atoms with Gasteiger partial charge in [0.25, 0.3) is 5.69 Å². The lowest BCUT2D eigenvalue weighted by Gasteiger charge is -2.09. The van der Waals surface area contributed by atoms with Gasteiger partial charge in [-0.3, -0.25) is 14.9 Å². The molecule has 0 saturated carbocycles. The van der Waals surface area contributed by atoms with Crippen molar-refractivity contribution in [3.8, 4) is 18.1 Å². The van der Waals surface area contributed by atoms with Crippen LogP contribution in [0.3, 0.4) is 0 Å². The molecular formula is C16H19NO5. The van der Waals surface area contributed by atoms with E-state index < -0.39 is 4.92 Å². The molecule has 0 aliphatic rings. The number of carbonyl (C=O) groups is 1. The highest BCUT2D eigenvalue weighted by Crippen LogP contribution is 2.25. The van der Waals surface area contributed by atoms with Crippen molar-refractivity contribution in [3.05, 3.63) is 33.9 Å². The van der Waals surface area contributed by atoms with E-state index in [4.69, 9.17) is 15.9 Å². The van der Waals surface area contributed by atoms with Crippen LogP contribution in [0.15, 0.2) is 18.2 Å². The molecular weight excluding hydrogens is 286 g/mol. The van der Waals surface area contributed by atoms with Crippen LogP contribution in [-0.4, -0.2) is 17.5 Å². The van der Waals surface area contributed by atoms with Crippen molar-refractivity contribution >= 4 is 11.7 Å². The number of hydrogen-bond donors (Lipinski definition) is 0. The highest BCUT2D eigenvalue weighted by atomic mass is 16.6. The molecule has 0 saturated heterocycles. The third-order valence-electron chi connectivity index (χ3n) is 2.88. The summed E-state index contributed by atoms with van der Waals surface area (Å²) in [5.74, 6) is 2.72. The van der Waals surface area contributed by atoms with Gasteiger partial charge >= 0.3 is 5.97 Å². The molecule has 118 valence electrons. The molecule has 1 rings (SSSR count). The Hall–Kier alpha value is -2.55. The van der Waals surface area contributed by atoms with Crippen LogP contribution >= 0.6 is 0 Å². The van der Waals surface area contributed by atoms with E-state index >= 15 is 0 Å². The fraction of sp³-hybridized carbons (Fsp3) is 0.438. The largest absolute Gasteiger partial charge is 0.481 e. The van der Waals surface area contributed by atoms with Crippen molar-refractivity contribution in [1.82, 2.24) is 0 Å². The highest BCUT2D eigenvalue weighted by Gasteiger charge is 2.16. The molecule has 0 radical (unpaired) electrons. The number of rotatable bonds is 8. The molecule has 0 heterocycles. The molecule has 6 nitrogen and oxygen atoms in total. The van der Waals surface area contributed by atoms with E-state index in [1.165, 1.54) is 18.2 Å². The van der Waals surface area contributed by atoms with Crippen molar-refractivity contribution in [1.29, 1.82) is 0 Å². The Bertz CT molecular complexity index is 574. The second kappa shape index (κ2) is 8.67. The lowest BCUT2D eigenvalue weighted by Crippen LogP contribution is -2.07. The van der Waals surface area contributed by atoms with E-state index in [0.717, 1.165) is 0 Å². The Morgan fingerprint density at radius 3 is 2.77 bits per heavy atom.